The molecule has 0 aromatic carbocycles. The zero-order chi connectivity index (χ0) is 12.3. The highest BCUT2D eigenvalue weighted by Crippen LogP contribution is 2.18. The van der Waals surface area contributed by atoms with Crippen molar-refractivity contribution >= 4 is 5.78 Å². The molecule has 1 fully saturated rings. The maximum absolute atomic E-state index is 11.2. The lowest BCUT2D eigenvalue weighted by Gasteiger charge is -2.39. The Morgan fingerprint density at radius 3 is 2.44 bits per heavy atom. The molecular weight excluding hydrogens is 200 g/mol. The highest BCUT2D eigenvalue weighted by Gasteiger charge is 2.26. The van der Waals surface area contributed by atoms with Gasteiger partial charge >= 0.3 is 0 Å². The number of nitrogens with zero attached hydrogens (tertiary/aromatic N) is 1. The minimum atomic E-state index is 0.205. The standard InChI is InChI=1S/C13H26N2O/c1-10(2)15(13(3,4)5)7-6-11-8-12(16)9-14-11/h10-11,14H,6-9H2,1-5H3. The van der Waals surface area contributed by atoms with Crippen LogP contribution < -0.4 is 5.32 Å². The summed E-state index contributed by atoms with van der Waals surface area (Å²) in [5.41, 5.74) is 0.205. The van der Waals surface area contributed by atoms with Crippen LogP contribution in [0.25, 0.3) is 0 Å². The summed E-state index contributed by atoms with van der Waals surface area (Å²) in [6.45, 7) is 12.9. The van der Waals surface area contributed by atoms with Gasteiger partial charge in [-0.05, 0) is 41.0 Å². The summed E-state index contributed by atoms with van der Waals surface area (Å²) in [5, 5.41) is 3.28. The Morgan fingerprint density at radius 2 is 2.06 bits per heavy atom. The van der Waals surface area contributed by atoms with Crippen molar-refractivity contribution in [2.24, 2.45) is 0 Å². The molecule has 94 valence electrons. The third kappa shape index (κ3) is 3.87. The van der Waals surface area contributed by atoms with Crippen LogP contribution in [0.2, 0.25) is 0 Å². The smallest absolute Gasteiger partial charge is 0.148 e. The summed E-state index contributed by atoms with van der Waals surface area (Å²) < 4.78 is 0. The topological polar surface area (TPSA) is 32.3 Å². The van der Waals surface area contributed by atoms with Crippen LogP contribution in [0.3, 0.4) is 0 Å². The van der Waals surface area contributed by atoms with Gasteiger partial charge in [-0.25, -0.2) is 0 Å². The number of hydrogen-bond donors (Lipinski definition) is 1. The quantitative estimate of drug-likeness (QED) is 0.793. The average Bonchev–Trinajstić information content (AvgIpc) is 2.48. The Morgan fingerprint density at radius 1 is 1.44 bits per heavy atom. The lowest BCUT2D eigenvalue weighted by atomic mass is 10.0. The third-order valence-electron chi connectivity index (χ3n) is 3.27. The van der Waals surface area contributed by atoms with E-state index in [1.807, 2.05) is 0 Å². The van der Waals surface area contributed by atoms with Gasteiger partial charge in [-0.2, -0.15) is 0 Å². The van der Waals surface area contributed by atoms with Gasteiger partial charge in [-0.1, -0.05) is 0 Å². The maximum Gasteiger partial charge on any atom is 0.148 e. The Bertz CT molecular complexity index is 243. The van der Waals surface area contributed by atoms with Crippen LogP contribution in [0.1, 0.15) is 47.5 Å². The number of hydrogen-bond acceptors (Lipinski definition) is 3. The molecule has 0 aliphatic carbocycles. The van der Waals surface area contributed by atoms with Crippen molar-refractivity contribution in [1.82, 2.24) is 10.2 Å². The van der Waals surface area contributed by atoms with Gasteiger partial charge in [0.15, 0.2) is 0 Å². The second kappa shape index (κ2) is 5.28. The fourth-order valence-corrected chi connectivity index (χ4v) is 2.54. The molecule has 0 radical (unpaired) electrons. The number of nitrogens with one attached hydrogen (secondary N) is 1. The van der Waals surface area contributed by atoms with Crippen molar-refractivity contribution in [3.63, 3.8) is 0 Å². The van der Waals surface area contributed by atoms with Crippen LogP contribution in [0.5, 0.6) is 0 Å². The molecule has 1 N–H and O–H groups in total. The fourth-order valence-electron chi connectivity index (χ4n) is 2.54. The molecule has 1 rings (SSSR count). The first-order valence-corrected chi connectivity index (χ1v) is 6.32. The number of carbonyl (C=O) groups is 1. The molecule has 1 aliphatic heterocycles. The predicted octanol–water partition coefficient (Wildman–Crippen LogP) is 1.82. The predicted molar refractivity (Wildman–Crippen MR) is 67.6 cm³/mol. The maximum atomic E-state index is 11.2. The van der Waals surface area contributed by atoms with Crippen molar-refractivity contribution < 1.29 is 4.79 Å². The van der Waals surface area contributed by atoms with E-state index in [1.54, 1.807) is 0 Å². The number of carbonyl (C=O) groups excluding carboxylic acids is 1. The van der Waals surface area contributed by atoms with Crippen LogP contribution in [0.15, 0.2) is 0 Å². The summed E-state index contributed by atoms with van der Waals surface area (Å²) in [6.07, 6.45) is 1.79. The highest BCUT2D eigenvalue weighted by atomic mass is 16.1. The van der Waals surface area contributed by atoms with Crippen LogP contribution in [0.4, 0.5) is 0 Å². The summed E-state index contributed by atoms with van der Waals surface area (Å²) >= 11 is 0. The van der Waals surface area contributed by atoms with E-state index in [2.05, 4.69) is 44.8 Å². The van der Waals surface area contributed by atoms with Gasteiger partial charge in [0, 0.05) is 30.6 Å². The van der Waals surface area contributed by atoms with Crippen molar-refractivity contribution in [1.29, 1.82) is 0 Å². The normalized spacial score (nSPS) is 22.4. The van der Waals surface area contributed by atoms with Crippen molar-refractivity contribution in [2.75, 3.05) is 13.1 Å². The minimum absolute atomic E-state index is 0.205. The molecule has 1 atom stereocenters. The third-order valence-corrected chi connectivity index (χ3v) is 3.27. The Kier molecular flexibility index (Phi) is 4.51. The molecule has 1 unspecified atom stereocenters. The molecular formula is C13H26N2O. The molecule has 1 aliphatic rings. The second-order valence-electron chi connectivity index (χ2n) is 6.07. The van der Waals surface area contributed by atoms with Crippen molar-refractivity contribution in [3.05, 3.63) is 0 Å². The summed E-state index contributed by atoms with van der Waals surface area (Å²) in [4.78, 5) is 13.7. The van der Waals surface area contributed by atoms with Crippen LogP contribution in [-0.4, -0.2) is 41.4 Å². The largest absolute Gasteiger partial charge is 0.307 e. The van der Waals surface area contributed by atoms with Crippen molar-refractivity contribution in [3.8, 4) is 0 Å². The van der Waals surface area contributed by atoms with Gasteiger partial charge < -0.3 is 5.32 Å². The summed E-state index contributed by atoms with van der Waals surface area (Å²) in [6, 6.07) is 0.952. The Labute approximate surface area is 99.6 Å². The van der Waals surface area contributed by atoms with E-state index < -0.39 is 0 Å². The second-order valence-corrected chi connectivity index (χ2v) is 6.07. The fraction of sp³-hybridized carbons (Fsp3) is 0.923. The molecule has 1 heterocycles. The number of rotatable bonds is 4. The molecule has 3 nitrogen and oxygen atoms in total. The minimum Gasteiger partial charge on any atom is -0.307 e. The zero-order valence-corrected chi connectivity index (χ0v) is 11.3. The lowest BCUT2D eigenvalue weighted by Crippen LogP contribution is -2.47. The Balaban J connectivity index is 2.42. The first-order chi connectivity index (χ1) is 7.30. The van der Waals surface area contributed by atoms with Gasteiger partial charge in [0.05, 0.1) is 6.54 Å². The van der Waals surface area contributed by atoms with E-state index in [0.717, 1.165) is 19.4 Å². The van der Waals surface area contributed by atoms with E-state index >= 15 is 0 Å². The molecule has 0 aromatic rings. The van der Waals surface area contributed by atoms with Gasteiger partial charge in [-0.3, -0.25) is 9.69 Å². The van der Waals surface area contributed by atoms with Crippen LogP contribution in [-0.2, 0) is 4.79 Å². The first-order valence-electron chi connectivity index (χ1n) is 6.32. The SMILES string of the molecule is CC(C)N(CCC1CC(=O)CN1)C(C)(C)C. The first kappa shape index (κ1) is 13.7. The molecule has 0 spiro atoms. The lowest BCUT2D eigenvalue weighted by molar-refractivity contribution is -0.116. The van der Waals surface area contributed by atoms with Gasteiger partial charge in [0.25, 0.3) is 0 Å². The highest BCUT2D eigenvalue weighted by molar-refractivity contribution is 5.83. The number of Topliss-reactive ketones (excluding diaryl/α,β-unsaturated/α-hetero) is 1. The van der Waals surface area contributed by atoms with E-state index in [1.165, 1.54) is 0 Å². The van der Waals surface area contributed by atoms with Crippen LogP contribution >= 0.6 is 0 Å². The molecule has 0 aromatic heterocycles. The van der Waals surface area contributed by atoms with E-state index in [4.69, 9.17) is 0 Å². The molecule has 0 saturated carbocycles. The molecule has 16 heavy (non-hydrogen) atoms. The molecule has 0 bridgehead atoms. The Hall–Kier alpha value is -0.410. The number of ketones is 1. The van der Waals surface area contributed by atoms with Crippen LogP contribution in [0, 0.1) is 0 Å². The van der Waals surface area contributed by atoms with Gasteiger partial charge in [0.1, 0.15) is 5.78 Å². The van der Waals surface area contributed by atoms with Crippen molar-refractivity contribution in [2.45, 2.75) is 65.1 Å². The zero-order valence-electron chi connectivity index (χ0n) is 11.3. The van der Waals surface area contributed by atoms with E-state index in [-0.39, 0.29) is 5.54 Å². The average molecular weight is 226 g/mol. The van der Waals surface area contributed by atoms with E-state index in [9.17, 15) is 4.79 Å². The van der Waals surface area contributed by atoms with Gasteiger partial charge in [0.2, 0.25) is 0 Å². The van der Waals surface area contributed by atoms with E-state index in [0.29, 0.717) is 24.4 Å². The summed E-state index contributed by atoms with van der Waals surface area (Å²) in [7, 11) is 0. The molecule has 0 amide bonds. The monoisotopic (exact) mass is 226 g/mol. The summed E-state index contributed by atoms with van der Waals surface area (Å²) in [5.74, 6) is 0.358. The molecule has 1 saturated heterocycles. The van der Waals surface area contributed by atoms with Gasteiger partial charge in [-0.15, -0.1) is 0 Å². The molecule has 3 heteroatoms.